The number of aryl methyl sites for hydroxylation is 1. The molecule has 1 heterocycles. The Morgan fingerprint density at radius 3 is 2.77 bits per heavy atom. The van der Waals surface area contributed by atoms with E-state index in [1.165, 1.54) is 0 Å². The van der Waals surface area contributed by atoms with Gasteiger partial charge in [0.05, 0.1) is 26.4 Å². The molecule has 0 aromatic heterocycles. The van der Waals surface area contributed by atoms with Gasteiger partial charge >= 0.3 is 0 Å². The fourth-order valence-electron chi connectivity index (χ4n) is 3.43. The molecule has 1 aliphatic heterocycles. The Morgan fingerprint density at radius 1 is 1.23 bits per heavy atom. The van der Waals surface area contributed by atoms with Gasteiger partial charge in [0.25, 0.3) is 0 Å². The Labute approximate surface area is 154 Å². The van der Waals surface area contributed by atoms with Crippen LogP contribution in [0.25, 0.3) is 0 Å². The molecular weight excluding hydrogens is 330 g/mol. The van der Waals surface area contributed by atoms with Crippen LogP contribution in [0, 0.1) is 0 Å². The first-order valence-corrected chi connectivity index (χ1v) is 8.92. The van der Waals surface area contributed by atoms with E-state index in [2.05, 4.69) is 0 Å². The lowest BCUT2D eigenvalue weighted by Crippen LogP contribution is -2.49. The van der Waals surface area contributed by atoms with Crippen LogP contribution in [0.2, 0.25) is 0 Å². The number of methoxy groups -OCH3 is 1. The summed E-state index contributed by atoms with van der Waals surface area (Å²) in [5, 5.41) is 9.71. The van der Waals surface area contributed by atoms with Crippen molar-refractivity contribution in [3.63, 3.8) is 0 Å². The number of aliphatic hydroxyl groups excluding tert-OH is 1. The number of carbonyl (C=O) groups is 1. The van der Waals surface area contributed by atoms with Gasteiger partial charge in [-0.05, 0) is 29.7 Å². The first-order valence-electron chi connectivity index (χ1n) is 8.92. The lowest BCUT2D eigenvalue weighted by molar-refractivity contribution is -0.149. The molecule has 1 N–H and O–H groups in total. The van der Waals surface area contributed by atoms with Crippen molar-refractivity contribution in [1.29, 1.82) is 0 Å². The third-order valence-electron chi connectivity index (χ3n) is 4.76. The van der Waals surface area contributed by atoms with Gasteiger partial charge in [-0.3, -0.25) is 4.79 Å². The average Bonchev–Trinajstić information content (AvgIpc) is 2.72. The lowest BCUT2D eigenvalue weighted by atomic mass is 9.97. The van der Waals surface area contributed by atoms with Crippen molar-refractivity contribution in [3.05, 3.63) is 65.7 Å². The maximum absolute atomic E-state index is 12.9. The van der Waals surface area contributed by atoms with Gasteiger partial charge in [0.15, 0.2) is 0 Å². The molecule has 2 aromatic carbocycles. The van der Waals surface area contributed by atoms with Crippen LogP contribution in [0.3, 0.4) is 0 Å². The molecule has 1 aliphatic rings. The van der Waals surface area contributed by atoms with Crippen LogP contribution < -0.4 is 4.74 Å². The van der Waals surface area contributed by atoms with Gasteiger partial charge in [0, 0.05) is 13.0 Å². The fourth-order valence-corrected chi connectivity index (χ4v) is 3.43. The van der Waals surface area contributed by atoms with Crippen molar-refractivity contribution in [2.45, 2.75) is 25.0 Å². The van der Waals surface area contributed by atoms with Crippen molar-refractivity contribution in [2.75, 3.05) is 26.9 Å². The standard InChI is InChI=1S/C21H25NO4/c1-25-18-9-5-6-16(14-18)10-11-20(24)22-12-13-26-19(15-23)21(22)17-7-3-2-4-8-17/h2-9,14,19,21,23H,10-13,15H2,1H3/t19-,21-/m1/s1. The Morgan fingerprint density at radius 2 is 2.04 bits per heavy atom. The summed E-state index contributed by atoms with van der Waals surface area (Å²) in [5.74, 6) is 0.868. The third-order valence-corrected chi connectivity index (χ3v) is 4.76. The molecular formula is C21H25NO4. The summed E-state index contributed by atoms with van der Waals surface area (Å²) in [4.78, 5) is 14.8. The maximum atomic E-state index is 12.9. The van der Waals surface area contributed by atoms with Gasteiger partial charge in [-0.25, -0.2) is 0 Å². The summed E-state index contributed by atoms with van der Waals surface area (Å²) >= 11 is 0. The van der Waals surface area contributed by atoms with Crippen LogP contribution in [-0.2, 0) is 16.0 Å². The number of aliphatic hydroxyl groups is 1. The predicted octanol–water partition coefficient (Wildman–Crippen LogP) is 2.59. The highest BCUT2D eigenvalue weighted by Gasteiger charge is 2.35. The second-order valence-electron chi connectivity index (χ2n) is 6.39. The number of morpholine rings is 1. The van der Waals surface area contributed by atoms with Crippen molar-refractivity contribution < 1.29 is 19.4 Å². The highest BCUT2D eigenvalue weighted by Crippen LogP contribution is 2.30. The molecule has 3 rings (SSSR count). The smallest absolute Gasteiger partial charge is 0.223 e. The van der Waals surface area contributed by atoms with Gasteiger partial charge < -0.3 is 19.5 Å². The Kier molecular flexibility index (Phi) is 6.26. The molecule has 0 aliphatic carbocycles. The summed E-state index contributed by atoms with van der Waals surface area (Å²) in [7, 11) is 1.64. The topological polar surface area (TPSA) is 59.0 Å². The number of rotatable bonds is 6. The zero-order valence-corrected chi connectivity index (χ0v) is 15.0. The number of amides is 1. The van der Waals surface area contributed by atoms with E-state index in [4.69, 9.17) is 9.47 Å². The molecule has 0 bridgehead atoms. The Hall–Kier alpha value is -2.37. The zero-order valence-electron chi connectivity index (χ0n) is 15.0. The molecule has 5 heteroatoms. The molecule has 1 amide bonds. The third kappa shape index (κ3) is 4.23. The predicted molar refractivity (Wildman–Crippen MR) is 99.0 cm³/mol. The highest BCUT2D eigenvalue weighted by atomic mass is 16.5. The summed E-state index contributed by atoms with van der Waals surface area (Å²) in [6, 6.07) is 17.3. The van der Waals surface area contributed by atoms with Crippen LogP contribution in [0.4, 0.5) is 0 Å². The van der Waals surface area contributed by atoms with Crippen LogP contribution >= 0.6 is 0 Å². The molecule has 0 saturated carbocycles. The Balaban J connectivity index is 1.73. The van der Waals surface area contributed by atoms with E-state index >= 15 is 0 Å². The van der Waals surface area contributed by atoms with Gasteiger partial charge in [-0.15, -0.1) is 0 Å². The summed E-state index contributed by atoms with van der Waals surface area (Å²) in [6.07, 6.45) is 0.666. The first-order chi connectivity index (χ1) is 12.7. The molecule has 2 aromatic rings. The van der Waals surface area contributed by atoms with Gasteiger partial charge in [-0.1, -0.05) is 42.5 Å². The van der Waals surface area contributed by atoms with Crippen LogP contribution in [-0.4, -0.2) is 48.9 Å². The zero-order chi connectivity index (χ0) is 18.4. The van der Waals surface area contributed by atoms with Crippen molar-refractivity contribution in [1.82, 2.24) is 4.90 Å². The van der Waals surface area contributed by atoms with Crippen molar-refractivity contribution in [2.24, 2.45) is 0 Å². The SMILES string of the molecule is COc1cccc(CCC(=O)N2CCO[C@H](CO)[C@H]2c2ccccc2)c1. The molecule has 1 fully saturated rings. The molecule has 26 heavy (non-hydrogen) atoms. The number of ether oxygens (including phenoxy) is 2. The monoisotopic (exact) mass is 355 g/mol. The number of carbonyl (C=O) groups excluding carboxylic acids is 1. The molecule has 0 unspecified atom stereocenters. The van der Waals surface area contributed by atoms with Gasteiger partial charge in [-0.2, -0.15) is 0 Å². The van der Waals surface area contributed by atoms with Crippen LogP contribution in [0.5, 0.6) is 5.75 Å². The normalized spacial score (nSPS) is 20.0. The number of nitrogens with zero attached hydrogens (tertiary/aromatic N) is 1. The minimum atomic E-state index is -0.396. The van der Waals surface area contributed by atoms with Crippen LogP contribution in [0.1, 0.15) is 23.6 Å². The van der Waals surface area contributed by atoms with Gasteiger partial charge in [0.2, 0.25) is 5.91 Å². The number of hydrogen-bond acceptors (Lipinski definition) is 4. The average molecular weight is 355 g/mol. The van der Waals surface area contributed by atoms with Crippen molar-refractivity contribution >= 4 is 5.91 Å². The van der Waals surface area contributed by atoms with Gasteiger partial charge in [0.1, 0.15) is 11.9 Å². The fraction of sp³-hybridized carbons (Fsp3) is 0.381. The summed E-state index contributed by atoms with van der Waals surface area (Å²) in [6.45, 7) is 0.867. The van der Waals surface area contributed by atoms with Crippen molar-refractivity contribution in [3.8, 4) is 5.75 Å². The quantitative estimate of drug-likeness (QED) is 0.865. The van der Waals surface area contributed by atoms with E-state index in [-0.39, 0.29) is 18.6 Å². The number of hydrogen-bond donors (Lipinski definition) is 1. The van der Waals surface area contributed by atoms with Crippen LogP contribution in [0.15, 0.2) is 54.6 Å². The van der Waals surface area contributed by atoms with E-state index in [1.807, 2.05) is 59.5 Å². The van der Waals surface area contributed by atoms with E-state index < -0.39 is 6.10 Å². The highest BCUT2D eigenvalue weighted by molar-refractivity contribution is 5.77. The molecule has 1 saturated heterocycles. The largest absolute Gasteiger partial charge is 0.497 e. The minimum Gasteiger partial charge on any atom is -0.497 e. The van der Waals surface area contributed by atoms with E-state index in [0.29, 0.717) is 26.0 Å². The second-order valence-corrected chi connectivity index (χ2v) is 6.39. The molecule has 138 valence electrons. The maximum Gasteiger partial charge on any atom is 0.223 e. The first kappa shape index (κ1) is 18.4. The molecule has 5 nitrogen and oxygen atoms in total. The second kappa shape index (κ2) is 8.83. The summed E-state index contributed by atoms with van der Waals surface area (Å²) < 4.78 is 10.9. The Bertz CT molecular complexity index is 719. The lowest BCUT2D eigenvalue weighted by Gasteiger charge is -2.41. The summed E-state index contributed by atoms with van der Waals surface area (Å²) in [5.41, 5.74) is 2.06. The molecule has 0 spiro atoms. The van der Waals surface area contributed by atoms with E-state index in [9.17, 15) is 9.90 Å². The minimum absolute atomic E-state index is 0.0726. The van der Waals surface area contributed by atoms with E-state index in [0.717, 1.165) is 16.9 Å². The number of benzene rings is 2. The molecule has 0 radical (unpaired) electrons. The van der Waals surface area contributed by atoms with E-state index in [1.54, 1.807) is 7.11 Å². The molecule has 2 atom stereocenters.